The quantitative estimate of drug-likeness (QED) is 0.648. The third kappa shape index (κ3) is 4.96. The van der Waals surface area contributed by atoms with Crippen LogP contribution >= 0.6 is 11.6 Å². The SMILES string of the molecule is FC(F)(F)CONCc1ccncc1Cl. The largest absolute Gasteiger partial charge is 0.413 e. The van der Waals surface area contributed by atoms with Gasteiger partial charge < -0.3 is 0 Å². The summed E-state index contributed by atoms with van der Waals surface area (Å²) in [4.78, 5) is 7.93. The minimum Gasteiger partial charge on any atom is -0.292 e. The number of pyridine rings is 1. The lowest BCUT2D eigenvalue weighted by Gasteiger charge is -2.08. The molecule has 0 spiro atoms. The third-order valence-electron chi connectivity index (χ3n) is 1.46. The molecule has 7 heteroatoms. The van der Waals surface area contributed by atoms with Gasteiger partial charge >= 0.3 is 6.18 Å². The summed E-state index contributed by atoms with van der Waals surface area (Å²) in [6.07, 6.45) is -1.44. The summed E-state index contributed by atoms with van der Waals surface area (Å²) in [6, 6.07) is 1.59. The van der Waals surface area contributed by atoms with E-state index in [1.54, 1.807) is 6.07 Å². The molecule has 0 aromatic carbocycles. The fraction of sp³-hybridized carbons (Fsp3) is 0.375. The topological polar surface area (TPSA) is 34.1 Å². The molecule has 0 aliphatic carbocycles. The minimum atomic E-state index is -4.34. The van der Waals surface area contributed by atoms with Crippen LogP contribution < -0.4 is 5.48 Å². The maximum absolute atomic E-state index is 11.7. The molecule has 0 aliphatic heterocycles. The van der Waals surface area contributed by atoms with E-state index in [9.17, 15) is 13.2 Å². The number of nitrogens with zero attached hydrogens (tertiary/aromatic N) is 1. The monoisotopic (exact) mass is 240 g/mol. The normalized spacial score (nSPS) is 11.7. The van der Waals surface area contributed by atoms with Crippen LogP contribution in [0.15, 0.2) is 18.5 Å². The van der Waals surface area contributed by atoms with Crippen LogP contribution in [-0.2, 0) is 11.4 Å². The smallest absolute Gasteiger partial charge is 0.292 e. The lowest BCUT2D eigenvalue weighted by molar-refractivity contribution is -0.190. The molecule has 0 aliphatic rings. The van der Waals surface area contributed by atoms with E-state index in [4.69, 9.17) is 11.6 Å². The zero-order valence-electron chi connectivity index (χ0n) is 7.51. The highest BCUT2D eigenvalue weighted by Crippen LogP contribution is 2.15. The standard InChI is InChI=1S/C8H8ClF3N2O/c9-7-4-13-2-1-6(7)3-14-15-5-8(10,11)12/h1-2,4,14H,3,5H2. The summed E-state index contributed by atoms with van der Waals surface area (Å²) in [5, 5.41) is 0.376. The summed E-state index contributed by atoms with van der Waals surface area (Å²) < 4.78 is 35.0. The van der Waals surface area contributed by atoms with E-state index in [0.717, 1.165) is 0 Å². The van der Waals surface area contributed by atoms with Crippen molar-refractivity contribution in [1.82, 2.24) is 10.5 Å². The van der Waals surface area contributed by atoms with Crippen LogP contribution in [0.4, 0.5) is 13.2 Å². The van der Waals surface area contributed by atoms with E-state index in [2.05, 4.69) is 15.3 Å². The first kappa shape index (κ1) is 12.2. The van der Waals surface area contributed by atoms with Crippen LogP contribution in [0, 0.1) is 0 Å². The zero-order chi connectivity index (χ0) is 11.3. The number of alkyl halides is 3. The molecule has 84 valence electrons. The number of hydrogen-bond donors (Lipinski definition) is 1. The average molecular weight is 241 g/mol. The zero-order valence-corrected chi connectivity index (χ0v) is 8.27. The Hall–Kier alpha value is -0.850. The summed E-state index contributed by atoms with van der Waals surface area (Å²) in [5.41, 5.74) is 2.79. The molecule has 0 saturated carbocycles. The molecule has 0 unspecified atom stereocenters. The second-order valence-electron chi connectivity index (χ2n) is 2.69. The molecule has 3 nitrogen and oxygen atoms in total. The lowest BCUT2D eigenvalue weighted by atomic mass is 10.3. The van der Waals surface area contributed by atoms with Gasteiger partial charge in [-0.3, -0.25) is 9.82 Å². The maximum atomic E-state index is 11.7. The molecule has 0 saturated heterocycles. The van der Waals surface area contributed by atoms with Gasteiger partial charge in [-0.05, 0) is 11.6 Å². The van der Waals surface area contributed by atoms with Gasteiger partial charge in [0.05, 0.1) is 5.02 Å². The molecule has 0 fully saturated rings. The van der Waals surface area contributed by atoms with Crippen molar-refractivity contribution in [3.05, 3.63) is 29.0 Å². The maximum Gasteiger partial charge on any atom is 0.413 e. The molecule has 1 rings (SSSR count). The van der Waals surface area contributed by atoms with E-state index in [1.807, 2.05) is 0 Å². The van der Waals surface area contributed by atoms with Crippen molar-refractivity contribution in [3.63, 3.8) is 0 Å². The Bertz CT molecular complexity index is 319. The molecular weight excluding hydrogens is 233 g/mol. The fourth-order valence-electron chi connectivity index (χ4n) is 0.809. The number of hydroxylamine groups is 1. The van der Waals surface area contributed by atoms with Crippen LogP contribution in [0.5, 0.6) is 0 Å². The van der Waals surface area contributed by atoms with E-state index in [0.29, 0.717) is 10.6 Å². The number of rotatable bonds is 4. The van der Waals surface area contributed by atoms with Crippen molar-refractivity contribution >= 4 is 11.6 Å². The molecule has 1 N–H and O–H groups in total. The van der Waals surface area contributed by atoms with Gasteiger partial charge in [0, 0.05) is 18.9 Å². The van der Waals surface area contributed by atoms with Gasteiger partial charge in [-0.2, -0.15) is 18.7 Å². The van der Waals surface area contributed by atoms with Gasteiger partial charge in [0.2, 0.25) is 0 Å². The highest BCUT2D eigenvalue weighted by Gasteiger charge is 2.27. The van der Waals surface area contributed by atoms with Crippen molar-refractivity contribution in [2.75, 3.05) is 6.61 Å². The van der Waals surface area contributed by atoms with Crippen LogP contribution in [0.3, 0.4) is 0 Å². The van der Waals surface area contributed by atoms with Gasteiger partial charge in [-0.25, -0.2) is 0 Å². The Morgan fingerprint density at radius 3 is 2.80 bits per heavy atom. The van der Waals surface area contributed by atoms with Gasteiger partial charge in [0.15, 0.2) is 6.61 Å². The molecule has 1 aromatic heterocycles. The predicted octanol–water partition coefficient (Wildman–Crippen LogP) is 2.32. The molecule has 1 aromatic rings. The number of aromatic nitrogens is 1. The van der Waals surface area contributed by atoms with Gasteiger partial charge in [0.25, 0.3) is 0 Å². The third-order valence-corrected chi connectivity index (χ3v) is 1.80. The summed E-state index contributed by atoms with van der Waals surface area (Å²) >= 11 is 5.71. The fourth-order valence-corrected chi connectivity index (χ4v) is 0.995. The van der Waals surface area contributed by atoms with E-state index >= 15 is 0 Å². The first-order valence-corrected chi connectivity index (χ1v) is 4.36. The van der Waals surface area contributed by atoms with E-state index in [1.165, 1.54) is 12.4 Å². The Morgan fingerprint density at radius 2 is 2.20 bits per heavy atom. The Morgan fingerprint density at radius 1 is 1.47 bits per heavy atom. The number of nitrogens with one attached hydrogen (secondary N) is 1. The molecule has 0 atom stereocenters. The van der Waals surface area contributed by atoms with Gasteiger partial charge in [-0.1, -0.05) is 11.6 Å². The van der Waals surface area contributed by atoms with E-state index < -0.39 is 12.8 Å². The van der Waals surface area contributed by atoms with Crippen LogP contribution in [0.2, 0.25) is 5.02 Å². The Kier molecular flexibility index (Phi) is 4.31. The second kappa shape index (κ2) is 5.29. The van der Waals surface area contributed by atoms with Crippen LogP contribution in [0.1, 0.15) is 5.56 Å². The second-order valence-corrected chi connectivity index (χ2v) is 3.10. The van der Waals surface area contributed by atoms with Crippen LogP contribution in [-0.4, -0.2) is 17.8 Å². The number of halogens is 4. The Labute approximate surface area is 89.2 Å². The van der Waals surface area contributed by atoms with Gasteiger partial charge in [-0.15, -0.1) is 0 Å². The lowest BCUT2D eigenvalue weighted by Crippen LogP contribution is -2.24. The van der Waals surface area contributed by atoms with Crippen molar-refractivity contribution in [2.45, 2.75) is 12.7 Å². The predicted molar refractivity (Wildman–Crippen MR) is 48.1 cm³/mol. The van der Waals surface area contributed by atoms with Crippen molar-refractivity contribution < 1.29 is 18.0 Å². The summed E-state index contributed by atoms with van der Waals surface area (Å²) in [5.74, 6) is 0. The number of hydrogen-bond acceptors (Lipinski definition) is 3. The highest BCUT2D eigenvalue weighted by atomic mass is 35.5. The van der Waals surface area contributed by atoms with E-state index in [-0.39, 0.29) is 6.54 Å². The van der Waals surface area contributed by atoms with Crippen LogP contribution in [0.25, 0.3) is 0 Å². The first-order valence-electron chi connectivity index (χ1n) is 3.99. The minimum absolute atomic E-state index is 0.0947. The highest BCUT2D eigenvalue weighted by molar-refractivity contribution is 6.31. The molecule has 0 amide bonds. The first-order chi connectivity index (χ1) is 6.99. The summed E-state index contributed by atoms with van der Waals surface area (Å²) in [7, 11) is 0. The molecule has 15 heavy (non-hydrogen) atoms. The molecular formula is C8H8ClF3N2O. The summed E-state index contributed by atoms with van der Waals surface area (Å²) in [6.45, 7) is -1.24. The Balaban J connectivity index is 2.30. The average Bonchev–Trinajstić information content (AvgIpc) is 2.13. The molecule has 0 radical (unpaired) electrons. The van der Waals surface area contributed by atoms with Crippen molar-refractivity contribution in [1.29, 1.82) is 0 Å². The van der Waals surface area contributed by atoms with Crippen molar-refractivity contribution in [2.24, 2.45) is 0 Å². The van der Waals surface area contributed by atoms with Crippen molar-refractivity contribution in [3.8, 4) is 0 Å². The molecule has 1 heterocycles. The molecule has 0 bridgehead atoms. The van der Waals surface area contributed by atoms with Gasteiger partial charge in [0.1, 0.15) is 0 Å².